The monoisotopic (exact) mass is 350 g/mol. The maximum atomic E-state index is 12.1. The largest absolute Gasteiger partial charge is 0.497 e. The van der Waals surface area contributed by atoms with Crippen LogP contribution in [0.4, 0.5) is 0 Å². The molecule has 0 fully saturated rings. The van der Waals surface area contributed by atoms with Gasteiger partial charge in [-0.3, -0.25) is 4.79 Å². The highest BCUT2D eigenvalue weighted by molar-refractivity contribution is 9.10. The number of halogens is 1. The summed E-state index contributed by atoms with van der Waals surface area (Å²) < 4.78 is 6.12. The molecule has 0 aromatic heterocycles. The fourth-order valence-corrected chi connectivity index (χ4v) is 2.92. The second-order valence-electron chi connectivity index (χ2n) is 4.27. The van der Waals surface area contributed by atoms with Crippen LogP contribution >= 0.6 is 27.7 Å². The van der Waals surface area contributed by atoms with Crippen LogP contribution in [0, 0.1) is 0 Å². The van der Waals surface area contributed by atoms with E-state index in [1.54, 1.807) is 18.9 Å². The van der Waals surface area contributed by atoms with Crippen LogP contribution in [-0.4, -0.2) is 18.6 Å². The molecule has 0 saturated heterocycles. The lowest BCUT2D eigenvalue weighted by Gasteiger charge is -2.07. The predicted molar refractivity (Wildman–Crippen MR) is 86.6 cm³/mol. The maximum Gasteiger partial charge on any atom is 0.147 e. The van der Waals surface area contributed by atoms with Crippen molar-refractivity contribution in [2.75, 3.05) is 12.9 Å². The van der Waals surface area contributed by atoms with Gasteiger partial charge in [-0.2, -0.15) is 0 Å². The van der Waals surface area contributed by atoms with E-state index in [4.69, 9.17) is 4.74 Å². The van der Waals surface area contributed by atoms with Crippen molar-refractivity contribution in [2.45, 2.75) is 11.3 Å². The van der Waals surface area contributed by atoms with Gasteiger partial charge < -0.3 is 4.74 Å². The van der Waals surface area contributed by atoms with Gasteiger partial charge in [-0.25, -0.2) is 0 Å². The molecule has 2 aromatic rings. The van der Waals surface area contributed by atoms with Crippen molar-refractivity contribution >= 4 is 33.5 Å². The number of ether oxygens (including phenoxy) is 1. The Hall–Kier alpha value is -1.26. The summed E-state index contributed by atoms with van der Waals surface area (Å²) in [6, 6.07) is 15.6. The summed E-state index contributed by atoms with van der Waals surface area (Å²) in [5, 5.41) is 0. The number of benzene rings is 2. The molecule has 0 spiro atoms. The average Bonchev–Trinajstić information content (AvgIpc) is 2.48. The van der Waals surface area contributed by atoms with Crippen LogP contribution in [0.2, 0.25) is 0 Å². The number of thioether (sulfide) groups is 1. The van der Waals surface area contributed by atoms with Gasteiger partial charge in [0.2, 0.25) is 0 Å². The predicted octanol–water partition coefficient (Wildman–Crippen LogP) is 4.36. The Bertz CT molecular complexity index is 584. The van der Waals surface area contributed by atoms with Crippen molar-refractivity contribution in [3.8, 4) is 5.75 Å². The van der Waals surface area contributed by atoms with E-state index in [0.29, 0.717) is 12.2 Å². The van der Waals surface area contributed by atoms with Crippen LogP contribution in [0.15, 0.2) is 57.9 Å². The molecule has 0 aliphatic carbocycles. The molecular weight excluding hydrogens is 336 g/mol. The molecule has 0 atom stereocenters. The van der Waals surface area contributed by atoms with Crippen LogP contribution in [0.1, 0.15) is 5.56 Å². The van der Waals surface area contributed by atoms with Gasteiger partial charge in [-0.1, -0.05) is 34.1 Å². The summed E-state index contributed by atoms with van der Waals surface area (Å²) in [5.41, 5.74) is 0.961. The normalized spacial score (nSPS) is 10.3. The Balaban J connectivity index is 1.94. The SMILES string of the molecule is COc1ccc(Br)c(CC(=O)CSc2ccccc2)c1. The molecule has 0 bridgehead atoms. The molecule has 0 unspecified atom stereocenters. The second-order valence-corrected chi connectivity index (χ2v) is 6.18. The minimum absolute atomic E-state index is 0.202. The first-order valence-corrected chi connectivity index (χ1v) is 7.99. The van der Waals surface area contributed by atoms with Crippen LogP contribution in [0.25, 0.3) is 0 Å². The quantitative estimate of drug-likeness (QED) is 0.724. The Kier molecular flexibility index (Phi) is 5.68. The molecule has 0 saturated carbocycles. The maximum absolute atomic E-state index is 12.1. The first-order chi connectivity index (χ1) is 9.69. The first kappa shape index (κ1) is 15.1. The second kappa shape index (κ2) is 7.50. The Morgan fingerprint density at radius 3 is 2.65 bits per heavy atom. The molecule has 0 amide bonds. The standard InChI is InChI=1S/C16H15BrO2S/c1-19-14-7-8-16(17)12(10-14)9-13(18)11-20-15-5-3-2-4-6-15/h2-8,10H,9,11H2,1H3. The van der Waals surface area contributed by atoms with Crippen LogP contribution in [0.3, 0.4) is 0 Å². The Morgan fingerprint density at radius 2 is 1.95 bits per heavy atom. The van der Waals surface area contributed by atoms with Crippen LogP contribution < -0.4 is 4.74 Å². The zero-order valence-corrected chi connectivity index (χ0v) is 13.5. The van der Waals surface area contributed by atoms with Crippen molar-refractivity contribution in [1.29, 1.82) is 0 Å². The van der Waals surface area contributed by atoms with E-state index in [0.717, 1.165) is 20.7 Å². The lowest BCUT2D eigenvalue weighted by molar-refractivity contribution is -0.116. The fourth-order valence-electron chi connectivity index (χ4n) is 1.76. The minimum Gasteiger partial charge on any atom is -0.497 e. The molecule has 4 heteroatoms. The van der Waals surface area contributed by atoms with E-state index in [1.807, 2.05) is 48.5 Å². The van der Waals surface area contributed by atoms with Crippen LogP contribution in [-0.2, 0) is 11.2 Å². The van der Waals surface area contributed by atoms with Crippen molar-refractivity contribution in [3.05, 3.63) is 58.6 Å². The molecule has 0 radical (unpaired) electrons. The van der Waals surface area contributed by atoms with Crippen LogP contribution in [0.5, 0.6) is 5.75 Å². The molecule has 2 nitrogen and oxygen atoms in total. The smallest absolute Gasteiger partial charge is 0.147 e. The molecule has 2 aromatic carbocycles. The van der Waals surface area contributed by atoms with E-state index < -0.39 is 0 Å². The number of carbonyl (C=O) groups excluding carboxylic acids is 1. The highest BCUT2D eigenvalue weighted by Gasteiger charge is 2.09. The number of Topliss-reactive ketones (excluding diaryl/α,β-unsaturated/α-hetero) is 1. The third kappa shape index (κ3) is 4.39. The fraction of sp³-hybridized carbons (Fsp3) is 0.188. The third-order valence-corrected chi connectivity index (χ3v) is 4.63. The van der Waals surface area contributed by atoms with Crippen molar-refractivity contribution in [3.63, 3.8) is 0 Å². The van der Waals surface area contributed by atoms with Gasteiger partial charge in [0.05, 0.1) is 12.9 Å². The van der Waals surface area contributed by atoms with Crippen molar-refractivity contribution in [2.24, 2.45) is 0 Å². The number of ketones is 1. The molecule has 0 heterocycles. The summed E-state index contributed by atoms with van der Waals surface area (Å²) in [7, 11) is 1.63. The summed E-state index contributed by atoms with van der Waals surface area (Å²) in [6.45, 7) is 0. The third-order valence-electron chi connectivity index (χ3n) is 2.78. The van der Waals surface area contributed by atoms with Gasteiger partial charge in [0, 0.05) is 15.8 Å². The topological polar surface area (TPSA) is 26.3 Å². The summed E-state index contributed by atoms with van der Waals surface area (Å²) >= 11 is 5.04. The Labute approximate surface area is 131 Å². The molecule has 0 aliphatic rings. The summed E-state index contributed by atoms with van der Waals surface area (Å²) in [6.07, 6.45) is 0.414. The highest BCUT2D eigenvalue weighted by Crippen LogP contribution is 2.24. The molecule has 2 rings (SSSR count). The van der Waals surface area contributed by atoms with Gasteiger partial charge in [-0.15, -0.1) is 11.8 Å². The van der Waals surface area contributed by atoms with Crippen molar-refractivity contribution < 1.29 is 9.53 Å². The van der Waals surface area contributed by atoms with E-state index in [2.05, 4.69) is 15.9 Å². The lowest BCUT2D eigenvalue weighted by atomic mass is 10.1. The summed E-state index contributed by atoms with van der Waals surface area (Å²) in [4.78, 5) is 13.2. The molecular formula is C16H15BrO2S. The van der Waals surface area contributed by atoms with Crippen molar-refractivity contribution in [1.82, 2.24) is 0 Å². The average molecular weight is 351 g/mol. The Morgan fingerprint density at radius 1 is 1.20 bits per heavy atom. The highest BCUT2D eigenvalue weighted by atomic mass is 79.9. The van der Waals surface area contributed by atoms with E-state index >= 15 is 0 Å². The van der Waals surface area contributed by atoms with Gasteiger partial charge >= 0.3 is 0 Å². The summed E-state index contributed by atoms with van der Waals surface area (Å²) in [5.74, 6) is 1.45. The van der Waals surface area contributed by atoms with Gasteiger partial charge in [-0.05, 0) is 35.9 Å². The molecule has 0 N–H and O–H groups in total. The number of methoxy groups -OCH3 is 1. The number of hydrogen-bond donors (Lipinski definition) is 0. The zero-order chi connectivity index (χ0) is 14.4. The number of rotatable bonds is 6. The van der Waals surface area contributed by atoms with E-state index in [-0.39, 0.29) is 5.78 Å². The van der Waals surface area contributed by atoms with E-state index in [9.17, 15) is 4.79 Å². The minimum atomic E-state index is 0.202. The van der Waals surface area contributed by atoms with Gasteiger partial charge in [0.25, 0.3) is 0 Å². The van der Waals surface area contributed by atoms with E-state index in [1.165, 1.54) is 0 Å². The molecule has 104 valence electrons. The number of carbonyl (C=O) groups is 1. The molecule has 20 heavy (non-hydrogen) atoms. The lowest BCUT2D eigenvalue weighted by Crippen LogP contribution is -2.06. The molecule has 0 aliphatic heterocycles. The first-order valence-electron chi connectivity index (χ1n) is 6.21. The van der Waals surface area contributed by atoms with Gasteiger partial charge in [0.1, 0.15) is 11.5 Å². The number of hydrogen-bond acceptors (Lipinski definition) is 3. The van der Waals surface area contributed by atoms with Gasteiger partial charge in [0.15, 0.2) is 0 Å². The zero-order valence-electron chi connectivity index (χ0n) is 11.1.